The normalized spacial score (nSPS) is 10.8. The van der Waals surface area contributed by atoms with Crippen molar-refractivity contribution in [2.24, 2.45) is 0 Å². The fourth-order valence-corrected chi connectivity index (χ4v) is 2.88. The van der Waals surface area contributed by atoms with Crippen molar-refractivity contribution in [1.82, 2.24) is 19.6 Å². The molecule has 28 heavy (non-hydrogen) atoms. The Morgan fingerprint density at radius 3 is 2.79 bits per heavy atom. The van der Waals surface area contributed by atoms with Crippen LogP contribution in [-0.2, 0) is 0 Å². The van der Waals surface area contributed by atoms with E-state index in [9.17, 15) is 9.18 Å². The first-order valence-corrected chi connectivity index (χ1v) is 8.52. The molecule has 0 saturated carbocycles. The summed E-state index contributed by atoms with van der Waals surface area (Å²) in [4.78, 5) is 25.0. The Morgan fingerprint density at radius 1 is 1.18 bits per heavy atom. The molecule has 4 aromatic rings. The van der Waals surface area contributed by atoms with E-state index >= 15 is 0 Å². The van der Waals surface area contributed by atoms with Crippen molar-refractivity contribution in [2.45, 2.75) is 13.8 Å². The molecule has 140 valence electrons. The Morgan fingerprint density at radius 2 is 2.04 bits per heavy atom. The van der Waals surface area contributed by atoms with Crippen LogP contribution in [0.4, 0.5) is 9.18 Å². The topological polar surface area (TPSA) is 81.9 Å². The van der Waals surface area contributed by atoms with Gasteiger partial charge in [0.25, 0.3) is 0 Å². The summed E-state index contributed by atoms with van der Waals surface area (Å²) in [6.07, 6.45) is 4.07. The van der Waals surface area contributed by atoms with Crippen molar-refractivity contribution >= 4 is 17.0 Å². The summed E-state index contributed by atoms with van der Waals surface area (Å²) >= 11 is 0. The minimum Gasteiger partial charge on any atom is -0.406 e. The highest BCUT2D eigenvalue weighted by Gasteiger charge is 2.14. The van der Waals surface area contributed by atoms with Crippen molar-refractivity contribution in [1.29, 1.82) is 0 Å². The molecule has 0 radical (unpaired) electrons. The van der Waals surface area contributed by atoms with Gasteiger partial charge >= 0.3 is 6.09 Å². The number of hydrogen-bond acceptors (Lipinski definition) is 5. The second-order valence-electron chi connectivity index (χ2n) is 6.21. The van der Waals surface area contributed by atoms with Gasteiger partial charge in [-0.25, -0.2) is 24.6 Å². The molecule has 0 fully saturated rings. The summed E-state index contributed by atoms with van der Waals surface area (Å²) in [6.45, 7) is 3.53. The van der Waals surface area contributed by atoms with Gasteiger partial charge in [0, 0.05) is 29.0 Å². The summed E-state index contributed by atoms with van der Waals surface area (Å²) in [5, 5.41) is 0.679. The van der Waals surface area contributed by atoms with Gasteiger partial charge < -0.3 is 4.74 Å². The number of nitrogens with one attached hydrogen (secondary N) is 1. The summed E-state index contributed by atoms with van der Waals surface area (Å²) < 4.78 is 20.3. The molecule has 7 nitrogen and oxygen atoms in total. The van der Waals surface area contributed by atoms with Crippen LogP contribution in [0.2, 0.25) is 0 Å². The van der Waals surface area contributed by atoms with Crippen molar-refractivity contribution in [3.05, 3.63) is 72.2 Å². The van der Waals surface area contributed by atoms with Gasteiger partial charge in [0.15, 0.2) is 11.6 Å². The van der Waals surface area contributed by atoms with E-state index in [1.165, 1.54) is 23.0 Å². The Hall–Kier alpha value is -3.81. The molecule has 0 spiro atoms. The van der Waals surface area contributed by atoms with Crippen LogP contribution in [-0.4, -0.2) is 25.7 Å². The third-order valence-electron chi connectivity index (χ3n) is 4.21. The van der Waals surface area contributed by atoms with Crippen molar-refractivity contribution < 1.29 is 13.9 Å². The molecule has 0 aliphatic heterocycles. The molecule has 3 heterocycles. The van der Waals surface area contributed by atoms with Crippen LogP contribution in [0.3, 0.4) is 0 Å². The predicted octanol–water partition coefficient (Wildman–Crippen LogP) is 3.99. The lowest BCUT2D eigenvalue weighted by atomic mass is 10.2. The third-order valence-corrected chi connectivity index (χ3v) is 4.21. The SMILES string of the molecule is Cc1nc(-c2cccnc2)ncc1OC(=O)Nn1c(C)cc2cc(F)ccc21. The number of aromatic nitrogens is 4. The lowest BCUT2D eigenvalue weighted by Crippen LogP contribution is -2.27. The van der Waals surface area contributed by atoms with Crippen molar-refractivity contribution in [3.63, 3.8) is 0 Å². The monoisotopic (exact) mass is 377 g/mol. The second kappa shape index (κ2) is 7.07. The summed E-state index contributed by atoms with van der Waals surface area (Å²) in [5.74, 6) is 0.395. The third kappa shape index (κ3) is 3.39. The quantitative estimate of drug-likeness (QED) is 0.584. The van der Waals surface area contributed by atoms with Crippen LogP contribution in [0.5, 0.6) is 5.75 Å². The van der Waals surface area contributed by atoms with E-state index in [1.807, 2.05) is 6.07 Å². The first kappa shape index (κ1) is 17.6. The second-order valence-corrected chi connectivity index (χ2v) is 6.21. The maximum Gasteiger partial charge on any atom is 0.432 e. The van der Waals surface area contributed by atoms with Crippen molar-refractivity contribution in [3.8, 4) is 17.1 Å². The fourth-order valence-electron chi connectivity index (χ4n) is 2.88. The summed E-state index contributed by atoms with van der Waals surface area (Å²) in [5.41, 5.74) is 5.32. The number of carbonyl (C=O) groups is 1. The zero-order valence-electron chi connectivity index (χ0n) is 15.2. The molecule has 3 aromatic heterocycles. The van der Waals surface area contributed by atoms with Gasteiger partial charge in [-0.3, -0.25) is 9.66 Å². The molecular formula is C20H16FN5O2. The Bertz CT molecular complexity index is 1170. The summed E-state index contributed by atoms with van der Waals surface area (Å²) in [6, 6.07) is 9.74. The molecular weight excluding hydrogens is 361 g/mol. The number of benzene rings is 1. The lowest BCUT2D eigenvalue weighted by molar-refractivity contribution is 0.211. The lowest BCUT2D eigenvalue weighted by Gasteiger charge is -2.12. The number of carbonyl (C=O) groups excluding carboxylic acids is 1. The minimum absolute atomic E-state index is 0.241. The number of pyridine rings is 1. The van der Waals surface area contributed by atoms with Crippen LogP contribution in [0, 0.1) is 19.7 Å². The molecule has 0 aliphatic carbocycles. The molecule has 8 heteroatoms. The molecule has 1 N–H and O–H groups in total. The smallest absolute Gasteiger partial charge is 0.406 e. The van der Waals surface area contributed by atoms with Gasteiger partial charge in [0.1, 0.15) is 5.82 Å². The molecule has 1 amide bonds. The highest BCUT2D eigenvalue weighted by Crippen LogP contribution is 2.21. The standard InChI is InChI=1S/C20H16FN5O2/c1-12-8-15-9-16(21)5-6-17(15)26(12)25-20(27)28-18-11-23-19(24-13(18)2)14-4-3-7-22-10-14/h3-11H,1-2H3,(H,25,27). The Balaban J connectivity index is 1.54. The van der Waals surface area contributed by atoms with Crippen molar-refractivity contribution in [2.75, 3.05) is 5.43 Å². The highest BCUT2D eigenvalue weighted by molar-refractivity contribution is 5.86. The van der Waals surface area contributed by atoms with E-state index in [0.29, 0.717) is 22.4 Å². The zero-order valence-corrected chi connectivity index (χ0v) is 15.2. The first-order chi connectivity index (χ1) is 13.5. The zero-order chi connectivity index (χ0) is 19.7. The van der Waals surface area contributed by atoms with E-state index in [2.05, 4.69) is 20.4 Å². The number of ether oxygens (including phenoxy) is 1. The molecule has 0 unspecified atom stereocenters. The van der Waals surface area contributed by atoms with Gasteiger partial charge in [0.2, 0.25) is 0 Å². The predicted molar refractivity (Wildman–Crippen MR) is 102 cm³/mol. The number of fused-ring (bicyclic) bond motifs is 1. The molecule has 1 aromatic carbocycles. The van der Waals surface area contributed by atoms with E-state index in [4.69, 9.17) is 4.74 Å². The maximum absolute atomic E-state index is 13.4. The van der Waals surface area contributed by atoms with Crippen LogP contribution >= 0.6 is 0 Å². The van der Waals surface area contributed by atoms with Gasteiger partial charge in [-0.2, -0.15) is 0 Å². The summed E-state index contributed by atoms with van der Waals surface area (Å²) in [7, 11) is 0. The molecule has 0 atom stereocenters. The first-order valence-electron chi connectivity index (χ1n) is 8.52. The number of nitrogens with zero attached hydrogens (tertiary/aromatic N) is 4. The maximum atomic E-state index is 13.4. The molecule has 0 aliphatic rings. The molecule has 0 bridgehead atoms. The Kier molecular flexibility index (Phi) is 4.44. The minimum atomic E-state index is -0.703. The van der Waals surface area contributed by atoms with Crippen LogP contribution in [0.25, 0.3) is 22.3 Å². The average molecular weight is 377 g/mol. The number of hydrogen-bond donors (Lipinski definition) is 1. The van der Waals surface area contributed by atoms with E-state index in [-0.39, 0.29) is 11.6 Å². The number of rotatable bonds is 3. The number of amides is 1. The van der Waals surface area contributed by atoms with Crippen LogP contribution in [0.15, 0.2) is 55.0 Å². The van der Waals surface area contributed by atoms with E-state index in [0.717, 1.165) is 11.3 Å². The van der Waals surface area contributed by atoms with E-state index in [1.54, 1.807) is 44.4 Å². The van der Waals surface area contributed by atoms with E-state index < -0.39 is 6.09 Å². The molecule has 0 saturated heterocycles. The largest absolute Gasteiger partial charge is 0.432 e. The van der Waals surface area contributed by atoms with Crippen LogP contribution in [0.1, 0.15) is 11.4 Å². The van der Waals surface area contributed by atoms with Gasteiger partial charge in [-0.05, 0) is 50.2 Å². The number of halogens is 1. The number of aryl methyl sites for hydroxylation is 2. The van der Waals surface area contributed by atoms with Gasteiger partial charge in [-0.15, -0.1) is 0 Å². The van der Waals surface area contributed by atoms with Crippen LogP contribution < -0.4 is 10.2 Å². The Labute approximate surface area is 159 Å². The van der Waals surface area contributed by atoms with Gasteiger partial charge in [-0.1, -0.05) is 0 Å². The average Bonchev–Trinajstić information content (AvgIpc) is 2.98. The van der Waals surface area contributed by atoms with Gasteiger partial charge in [0.05, 0.1) is 17.4 Å². The highest BCUT2D eigenvalue weighted by atomic mass is 19.1. The fraction of sp³-hybridized carbons (Fsp3) is 0.100. The molecule has 4 rings (SSSR count).